The fourth-order valence-electron chi connectivity index (χ4n) is 3.66. The fraction of sp³-hybridized carbons (Fsp3) is 0.900. The second-order valence-corrected chi connectivity index (χ2v) is 10.2. The van der Waals surface area contributed by atoms with Crippen LogP contribution in [0.15, 0.2) is 10.2 Å². The highest BCUT2D eigenvalue weighted by atomic mass is 16.6. The Balaban J connectivity index is 4.30. The van der Waals surface area contributed by atoms with E-state index in [-0.39, 0.29) is 96.2 Å². The van der Waals surface area contributed by atoms with Crippen LogP contribution in [-0.4, -0.2) is 149 Å². The van der Waals surface area contributed by atoms with E-state index in [2.05, 4.69) is 30.7 Å². The highest BCUT2D eigenvalue weighted by Gasteiger charge is 2.14. The first-order chi connectivity index (χ1) is 24.0. The van der Waals surface area contributed by atoms with Crippen molar-refractivity contribution in [1.82, 2.24) is 10.6 Å². The molecule has 2 N–H and O–H groups in total. The van der Waals surface area contributed by atoms with Crippen molar-refractivity contribution in [3.05, 3.63) is 20.9 Å². The predicted octanol–water partition coefficient (Wildman–Crippen LogP) is 2.27. The maximum atomic E-state index is 12.5. The Morgan fingerprint density at radius 2 is 1.06 bits per heavy atom. The van der Waals surface area contributed by atoms with Gasteiger partial charge in [-0.05, 0) is 23.9 Å². The summed E-state index contributed by atoms with van der Waals surface area (Å²) in [6, 6.07) is -0.504. The average molecular weight is 705 g/mol. The molecule has 19 heteroatoms. The van der Waals surface area contributed by atoms with Crippen molar-refractivity contribution in [2.45, 2.75) is 51.5 Å². The van der Waals surface area contributed by atoms with Gasteiger partial charge in [0.15, 0.2) is 0 Å². The number of azide groups is 2. The number of carbonyl (C=O) groups excluding carboxylic acids is 3. The van der Waals surface area contributed by atoms with Crippen molar-refractivity contribution < 1.29 is 52.3 Å². The maximum absolute atomic E-state index is 12.5. The van der Waals surface area contributed by atoms with Crippen LogP contribution >= 0.6 is 0 Å². The first kappa shape index (κ1) is 45.9. The zero-order valence-corrected chi connectivity index (χ0v) is 28.9. The molecule has 2 amide bonds. The molecule has 0 aromatic rings. The first-order valence-electron chi connectivity index (χ1n) is 16.7. The lowest BCUT2D eigenvalue weighted by Gasteiger charge is -2.19. The summed E-state index contributed by atoms with van der Waals surface area (Å²) < 4.78 is 43.5. The minimum absolute atomic E-state index is 0.0215. The van der Waals surface area contributed by atoms with Gasteiger partial charge in [0.05, 0.1) is 98.5 Å². The number of nitrogens with zero attached hydrogens (tertiary/aromatic N) is 6. The van der Waals surface area contributed by atoms with Gasteiger partial charge in [-0.15, -0.1) is 0 Å². The highest BCUT2D eigenvalue weighted by molar-refractivity contribution is 5.78. The molecule has 0 heterocycles. The molecule has 0 rings (SSSR count). The molecule has 0 aliphatic carbocycles. The van der Waals surface area contributed by atoms with Crippen molar-refractivity contribution in [3.63, 3.8) is 0 Å². The Bertz CT molecular complexity index is 872. The Labute approximate surface area is 288 Å². The molecule has 1 atom stereocenters. The summed E-state index contributed by atoms with van der Waals surface area (Å²) in [6.45, 7) is 8.25. The number of amides is 2. The molecule has 0 saturated heterocycles. The largest absolute Gasteiger partial charge is 0.381 e. The summed E-state index contributed by atoms with van der Waals surface area (Å²) in [5.41, 5.74) is 16.5. The summed E-state index contributed by atoms with van der Waals surface area (Å²) in [6.07, 6.45) is 2.31. The number of hydrogen-bond donors (Lipinski definition) is 2. The highest BCUT2D eigenvalue weighted by Crippen LogP contribution is 1.99. The van der Waals surface area contributed by atoms with Crippen LogP contribution in [0.3, 0.4) is 0 Å². The number of ketones is 1. The van der Waals surface area contributed by atoms with Crippen molar-refractivity contribution >= 4 is 17.6 Å². The predicted molar refractivity (Wildman–Crippen MR) is 178 cm³/mol. The quantitative estimate of drug-likeness (QED) is 0.0408. The molecular weight excluding hydrogens is 648 g/mol. The van der Waals surface area contributed by atoms with E-state index in [1.54, 1.807) is 0 Å². The summed E-state index contributed by atoms with van der Waals surface area (Å²) in [5, 5.41) is 12.3. The fourth-order valence-corrected chi connectivity index (χ4v) is 3.66. The van der Waals surface area contributed by atoms with E-state index < -0.39 is 6.04 Å². The molecule has 0 aliphatic rings. The second-order valence-electron chi connectivity index (χ2n) is 10.2. The Morgan fingerprint density at radius 1 is 0.571 bits per heavy atom. The van der Waals surface area contributed by atoms with Gasteiger partial charge < -0.3 is 48.5 Å². The van der Waals surface area contributed by atoms with Gasteiger partial charge in [-0.25, -0.2) is 0 Å². The zero-order chi connectivity index (χ0) is 35.9. The lowest BCUT2D eigenvalue weighted by Crippen LogP contribution is -2.42. The Morgan fingerprint density at radius 3 is 1.65 bits per heavy atom. The number of rotatable bonds is 38. The van der Waals surface area contributed by atoms with Crippen molar-refractivity contribution in [2.75, 3.05) is 125 Å². The maximum Gasteiger partial charge on any atom is 0.222 e. The average Bonchev–Trinajstić information content (AvgIpc) is 3.09. The van der Waals surface area contributed by atoms with E-state index in [0.29, 0.717) is 72.2 Å². The zero-order valence-electron chi connectivity index (χ0n) is 28.9. The molecule has 0 aromatic heterocycles. The molecule has 0 bridgehead atoms. The van der Waals surface area contributed by atoms with Crippen LogP contribution in [0.25, 0.3) is 20.9 Å². The van der Waals surface area contributed by atoms with Gasteiger partial charge in [0.25, 0.3) is 0 Å². The summed E-state index contributed by atoms with van der Waals surface area (Å²) in [5.74, 6) is -0.458. The van der Waals surface area contributed by atoms with E-state index in [9.17, 15) is 14.4 Å². The van der Waals surface area contributed by atoms with Gasteiger partial charge in [-0.3, -0.25) is 14.4 Å². The van der Waals surface area contributed by atoms with Crippen LogP contribution in [0, 0.1) is 0 Å². The van der Waals surface area contributed by atoms with E-state index in [0.717, 1.165) is 13.0 Å². The molecule has 0 aliphatic heterocycles. The van der Waals surface area contributed by atoms with Crippen LogP contribution in [0.2, 0.25) is 0 Å². The van der Waals surface area contributed by atoms with E-state index in [1.807, 2.05) is 6.92 Å². The minimum Gasteiger partial charge on any atom is -0.381 e. The van der Waals surface area contributed by atoms with Crippen molar-refractivity contribution in [2.24, 2.45) is 10.2 Å². The topological polar surface area (TPSA) is 247 Å². The van der Waals surface area contributed by atoms with Crippen molar-refractivity contribution in [3.8, 4) is 0 Å². The Hall–Kier alpha value is -3.09. The molecular formula is C30H56N8O11. The van der Waals surface area contributed by atoms with Gasteiger partial charge in [-0.2, -0.15) is 0 Å². The lowest BCUT2D eigenvalue weighted by atomic mass is 10.2. The molecule has 0 aromatic carbocycles. The molecule has 282 valence electrons. The smallest absolute Gasteiger partial charge is 0.222 e. The van der Waals surface area contributed by atoms with Gasteiger partial charge in [0.1, 0.15) is 5.78 Å². The lowest BCUT2D eigenvalue weighted by molar-refractivity contribution is -0.125. The van der Waals surface area contributed by atoms with Gasteiger partial charge >= 0.3 is 0 Å². The third-order valence-electron chi connectivity index (χ3n) is 6.05. The summed E-state index contributed by atoms with van der Waals surface area (Å²) >= 11 is 0. The van der Waals surface area contributed by atoms with Crippen LogP contribution in [0.5, 0.6) is 0 Å². The second kappa shape index (κ2) is 37.7. The SMILES string of the molecule is CCCOCCOCCOCCOCCC(=O)NC(COCCC(=O)CCCOCCN=[N+]=[N-])COCCC(=O)NCCOCCN=[N+]=[N-]. The number of hydrogen-bond acceptors (Lipinski definition) is 13. The molecule has 0 spiro atoms. The minimum atomic E-state index is -0.504. The van der Waals surface area contributed by atoms with Crippen LogP contribution in [0.1, 0.15) is 45.4 Å². The van der Waals surface area contributed by atoms with Gasteiger partial charge in [0, 0.05) is 68.4 Å². The Kier molecular flexibility index (Phi) is 35.3. The molecule has 19 nitrogen and oxygen atoms in total. The summed E-state index contributed by atoms with van der Waals surface area (Å²) in [7, 11) is 0. The van der Waals surface area contributed by atoms with E-state index >= 15 is 0 Å². The molecule has 1 unspecified atom stereocenters. The third kappa shape index (κ3) is 36.0. The molecule has 0 radical (unpaired) electrons. The molecule has 0 fully saturated rings. The van der Waals surface area contributed by atoms with Crippen LogP contribution in [0.4, 0.5) is 0 Å². The standard InChI is InChI=1S/C30H56N8O11/c1-2-11-42-19-21-46-23-24-47-22-20-44-14-7-30(41)36-27(25-48-13-5-28(39)4-3-12-43-17-9-34-37-31)26-49-15-6-29(40)33-8-16-45-18-10-35-38-32/h27H,2-26H2,1H3,(H,33,40)(H,36,41). The monoisotopic (exact) mass is 704 g/mol. The van der Waals surface area contributed by atoms with Crippen LogP contribution < -0.4 is 10.6 Å². The molecule has 49 heavy (non-hydrogen) atoms. The third-order valence-corrected chi connectivity index (χ3v) is 6.05. The number of nitrogens with one attached hydrogen (secondary N) is 2. The van der Waals surface area contributed by atoms with Crippen LogP contribution in [-0.2, 0) is 52.3 Å². The van der Waals surface area contributed by atoms with Crippen molar-refractivity contribution in [1.29, 1.82) is 0 Å². The first-order valence-corrected chi connectivity index (χ1v) is 16.7. The number of carbonyl (C=O) groups is 3. The summed E-state index contributed by atoms with van der Waals surface area (Å²) in [4.78, 5) is 42.0. The van der Waals surface area contributed by atoms with Gasteiger partial charge in [-0.1, -0.05) is 17.2 Å². The number of ether oxygens (including phenoxy) is 8. The van der Waals surface area contributed by atoms with E-state index in [4.69, 9.17) is 49.0 Å². The number of Topliss-reactive ketones (excluding diaryl/α,β-unsaturated/α-hetero) is 1. The van der Waals surface area contributed by atoms with Gasteiger partial charge in [0.2, 0.25) is 11.8 Å². The normalized spacial score (nSPS) is 11.4. The molecule has 0 saturated carbocycles. The van der Waals surface area contributed by atoms with E-state index in [1.165, 1.54) is 0 Å².